The first-order valence-electron chi connectivity index (χ1n) is 8.69. The summed E-state index contributed by atoms with van der Waals surface area (Å²) >= 11 is 0. The number of fused-ring (bicyclic) bond motifs is 1. The Morgan fingerprint density at radius 3 is 2.92 bits per heavy atom. The maximum absolute atomic E-state index is 12.3. The number of carbonyl (C=O) groups excluding carboxylic acids is 1. The molecule has 1 amide bonds. The number of nitrogens with zero attached hydrogens (tertiary/aromatic N) is 2. The molecule has 0 spiro atoms. The highest BCUT2D eigenvalue weighted by atomic mass is 16.1. The van der Waals surface area contributed by atoms with Crippen molar-refractivity contribution in [1.82, 2.24) is 14.9 Å². The summed E-state index contributed by atoms with van der Waals surface area (Å²) in [5.41, 5.74) is 4.97. The number of rotatable bonds is 4. The SMILES string of the molecule is Cc1cccc(C(=O)NCc2cccc(-c3cn4c(n3)CCC4)c2)c1. The first-order valence-corrected chi connectivity index (χ1v) is 8.69. The topological polar surface area (TPSA) is 46.9 Å². The largest absolute Gasteiger partial charge is 0.348 e. The van der Waals surface area contributed by atoms with E-state index in [1.165, 1.54) is 12.2 Å². The third-order valence-corrected chi connectivity index (χ3v) is 4.61. The Labute approximate surface area is 147 Å². The van der Waals surface area contributed by atoms with Crippen LogP contribution in [0.1, 0.15) is 33.7 Å². The summed E-state index contributed by atoms with van der Waals surface area (Å²) in [5.74, 6) is 1.13. The van der Waals surface area contributed by atoms with Crippen LogP contribution in [0.15, 0.2) is 54.7 Å². The number of carbonyl (C=O) groups is 1. The number of hydrogen-bond donors (Lipinski definition) is 1. The molecule has 0 fully saturated rings. The zero-order chi connectivity index (χ0) is 17.2. The Balaban J connectivity index is 1.47. The molecule has 0 saturated heterocycles. The van der Waals surface area contributed by atoms with Gasteiger partial charge in [0.15, 0.2) is 0 Å². The normalized spacial score (nSPS) is 12.8. The number of imidazole rings is 1. The molecule has 1 aromatic heterocycles. The zero-order valence-corrected chi connectivity index (χ0v) is 14.3. The molecule has 0 radical (unpaired) electrons. The van der Waals surface area contributed by atoms with Gasteiger partial charge in [-0.05, 0) is 37.1 Å². The molecule has 1 aliphatic heterocycles. The molecule has 3 aromatic rings. The van der Waals surface area contributed by atoms with E-state index >= 15 is 0 Å². The number of nitrogens with one attached hydrogen (secondary N) is 1. The van der Waals surface area contributed by atoms with Crippen molar-refractivity contribution < 1.29 is 4.79 Å². The molecule has 0 atom stereocenters. The predicted molar refractivity (Wildman–Crippen MR) is 98.3 cm³/mol. The molecule has 4 nitrogen and oxygen atoms in total. The monoisotopic (exact) mass is 331 g/mol. The molecule has 1 aliphatic rings. The number of benzene rings is 2. The lowest BCUT2D eigenvalue weighted by atomic mass is 10.1. The Bertz CT molecular complexity index is 905. The van der Waals surface area contributed by atoms with Crippen molar-refractivity contribution in [2.45, 2.75) is 32.9 Å². The third-order valence-electron chi connectivity index (χ3n) is 4.61. The number of hydrogen-bond acceptors (Lipinski definition) is 2. The van der Waals surface area contributed by atoms with Crippen LogP contribution in [0, 0.1) is 6.92 Å². The fourth-order valence-electron chi connectivity index (χ4n) is 3.31. The van der Waals surface area contributed by atoms with Gasteiger partial charge in [0.1, 0.15) is 5.82 Å². The maximum atomic E-state index is 12.3. The van der Waals surface area contributed by atoms with Crippen LogP contribution < -0.4 is 5.32 Å². The quantitative estimate of drug-likeness (QED) is 0.792. The van der Waals surface area contributed by atoms with Gasteiger partial charge < -0.3 is 9.88 Å². The standard InChI is InChI=1S/C21H21N3O/c1-15-5-2-8-18(11-15)21(25)22-13-16-6-3-7-17(12-16)19-14-24-10-4-9-20(24)23-19/h2-3,5-8,11-12,14H,4,9-10,13H2,1H3,(H,22,25). The van der Waals surface area contributed by atoms with Gasteiger partial charge >= 0.3 is 0 Å². The lowest BCUT2D eigenvalue weighted by molar-refractivity contribution is 0.0951. The van der Waals surface area contributed by atoms with Crippen molar-refractivity contribution >= 4 is 5.91 Å². The van der Waals surface area contributed by atoms with Crippen molar-refractivity contribution in [3.63, 3.8) is 0 Å². The zero-order valence-electron chi connectivity index (χ0n) is 14.3. The Hall–Kier alpha value is -2.88. The minimum atomic E-state index is -0.0462. The lowest BCUT2D eigenvalue weighted by Crippen LogP contribution is -2.22. The average Bonchev–Trinajstić information content (AvgIpc) is 3.22. The molecule has 0 aliphatic carbocycles. The van der Waals surface area contributed by atoms with E-state index in [1.807, 2.05) is 43.3 Å². The Morgan fingerprint density at radius 1 is 1.20 bits per heavy atom. The molecular formula is C21H21N3O. The third kappa shape index (κ3) is 3.33. The fourth-order valence-corrected chi connectivity index (χ4v) is 3.31. The molecule has 2 heterocycles. The summed E-state index contributed by atoms with van der Waals surface area (Å²) in [4.78, 5) is 17.0. The van der Waals surface area contributed by atoms with E-state index in [9.17, 15) is 4.79 Å². The molecule has 0 bridgehead atoms. The number of amides is 1. The summed E-state index contributed by atoms with van der Waals surface area (Å²) in [6.45, 7) is 3.56. The van der Waals surface area contributed by atoms with Gasteiger partial charge in [-0.25, -0.2) is 4.98 Å². The van der Waals surface area contributed by atoms with E-state index in [0.29, 0.717) is 12.1 Å². The van der Waals surface area contributed by atoms with Crippen molar-refractivity contribution in [2.24, 2.45) is 0 Å². The first kappa shape index (κ1) is 15.6. The molecule has 4 rings (SSSR count). The van der Waals surface area contributed by atoms with E-state index in [-0.39, 0.29) is 5.91 Å². The van der Waals surface area contributed by atoms with Crippen molar-refractivity contribution in [1.29, 1.82) is 0 Å². The fraction of sp³-hybridized carbons (Fsp3) is 0.238. The smallest absolute Gasteiger partial charge is 0.251 e. The highest BCUT2D eigenvalue weighted by Crippen LogP contribution is 2.23. The summed E-state index contributed by atoms with van der Waals surface area (Å²) in [5, 5.41) is 3.00. The number of aryl methyl sites for hydroxylation is 3. The van der Waals surface area contributed by atoms with Crippen LogP contribution in [-0.4, -0.2) is 15.5 Å². The van der Waals surface area contributed by atoms with Crippen molar-refractivity contribution in [2.75, 3.05) is 0 Å². The van der Waals surface area contributed by atoms with E-state index in [4.69, 9.17) is 4.98 Å². The minimum Gasteiger partial charge on any atom is -0.348 e. The van der Waals surface area contributed by atoms with E-state index in [1.54, 1.807) is 0 Å². The molecule has 0 unspecified atom stereocenters. The van der Waals surface area contributed by atoms with Gasteiger partial charge in [0.25, 0.3) is 5.91 Å². The summed E-state index contributed by atoms with van der Waals surface area (Å²) in [6.07, 6.45) is 4.38. The van der Waals surface area contributed by atoms with Crippen LogP contribution in [0.2, 0.25) is 0 Å². The van der Waals surface area contributed by atoms with Crippen LogP contribution in [0.4, 0.5) is 0 Å². The summed E-state index contributed by atoms with van der Waals surface area (Å²) in [7, 11) is 0. The second-order valence-corrected chi connectivity index (χ2v) is 6.59. The van der Waals surface area contributed by atoms with Crippen LogP contribution in [0.5, 0.6) is 0 Å². The van der Waals surface area contributed by atoms with Crippen molar-refractivity contribution in [3.8, 4) is 11.3 Å². The minimum absolute atomic E-state index is 0.0462. The highest BCUT2D eigenvalue weighted by molar-refractivity contribution is 5.94. The maximum Gasteiger partial charge on any atom is 0.251 e. The van der Waals surface area contributed by atoms with Gasteiger partial charge in [0.2, 0.25) is 0 Å². The summed E-state index contributed by atoms with van der Waals surface area (Å²) in [6, 6.07) is 15.9. The van der Waals surface area contributed by atoms with Gasteiger partial charge in [-0.15, -0.1) is 0 Å². The molecule has 25 heavy (non-hydrogen) atoms. The summed E-state index contributed by atoms with van der Waals surface area (Å²) < 4.78 is 2.24. The van der Waals surface area contributed by atoms with Gasteiger partial charge in [0, 0.05) is 36.8 Å². The molecule has 1 N–H and O–H groups in total. The van der Waals surface area contributed by atoms with Gasteiger partial charge in [0.05, 0.1) is 5.69 Å². The second-order valence-electron chi connectivity index (χ2n) is 6.59. The Morgan fingerprint density at radius 2 is 2.08 bits per heavy atom. The molecule has 4 heteroatoms. The highest BCUT2D eigenvalue weighted by Gasteiger charge is 2.14. The van der Waals surface area contributed by atoms with Crippen LogP contribution >= 0.6 is 0 Å². The van der Waals surface area contributed by atoms with E-state index in [2.05, 4.69) is 28.2 Å². The molecule has 2 aromatic carbocycles. The van der Waals surface area contributed by atoms with Crippen LogP contribution in [-0.2, 0) is 19.5 Å². The molecule has 0 saturated carbocycles. The molecular weight excluding hydrogens is 310 g/mol. The van der Waals surface area contributed by atoms with E-state index < -0.39 is 0 Å². The van der Waals surface area contributed by atoms with Gasteiger partial charge in [-0.1, -0.05) is 35.9 Å². The van der Waals surface area contributed by atoms with Crippen molar-refractivity contribution in [3.05, 3.63) is 77.2 Å². The predicted octanol–water partition coefficient (Wildman–Crippen LogP) is 3.73. The van der Waals surface area contributed by atoms with Crippen LogP contribution in [0.3, 0.4) is 0 Å². The van der Waals surface area contributed by atoms with Gasteiger partial charge in [-0.2, -0.15) is 0 Å². The van der Waals surface area contributed by atoms with Gasteiger partial charge in [-0.3, -0.25) is 4.79 Å². The lowest BCUT2D eigenvalue weighted by Gasteiger charge is -2.07. The number of aromatic nitrogens is 2. The average molecular weight is 331 g/mol. The van der Waals surface area contributed by atoms with Crippen LogP contribution in [0.25, 0.3) is 11.3 Å². The molecule has 126 valence electrons. The Kier molecular flexibility index (Phi) is 4.10. The van der Waals surface area contributed by atoms with E-state index in [0.717, 1.165) is 35.3 Å². The first-order chi connectivity index (χ1) is 12.2. The second kappa shape index (κ2) is 6.55.